The Morgan fingerprint density at radius 1 is 1.30 bits per heavy atom. The SMILES string of the molecule is CC(CCO)NC(=O)c1cn(-c2ccccc2)nc1C(C)(C)C. The number of para-hydroxylation sites is 1. The van der Waals surface area contributed by atoms with E-state index in [1.807, 2.05) is 58.0 Å². The van der Waals surface area contributed by atoms with Crippen molar-refractivity contribution in [1.82, 2.24) is 15.1 Å². The Balaban J connectivity index is 2.38. The molecule has 124 valence electrons. The highest BCUT2D eigenvalue weighted by Gasteiger charge is 2.27. The predicted molar refractivity (Wildman–Crippen MR) is 90.9 cm³/mol. The summed E-state index contributed by atoms with van der Waals surface area (Å²) < 4.78 is 1.74. The van der Waals surface area contributed by atoms with Gasteiger partial charge in [-0.25, -0.2) is 4.68 Å². The summed E-state index contributed by atoms with van der Waals surface area (Å²) in [4.78, 5) is 12.6. The summed E-state index contributed by atoms with van der Waals surface area (Å²) in [7, 11) is 0. The fourth-order valence-corrected chi connectivity index (χ4v) is 2.37. The van der Waals surface area contributed by atoms with Crippen LogP contribution in [0.2, 0.25) is 0 Å². The number of rotatable bonds is 5. The van der Waals surface area contributed by atoms with Crippen LogP contribution < -0.4 is 5.32 Å². The minimum absolute atomic E-state index is 0.0524. The van der Waals surface area contributed by atoms with E-state index < -0.39 is 0 Å². The molecular weight excluding hydrogens is 290 g/mol. The molecule has 1 aromatic heterocycles. The molecule has 0 saturated carbocycles. The van der Waals surface area contributed by atoms with Crippen LogP contribution in [-0.2, 0) is 5.41 Å². The van der Waals surface area contributed by atoms with Crippen LogP contribution in [0.1, 0.15) is 50.2 Å². The molecule has 0 spiro atoms. The smallest absolute Gasteiger partial charge is 0.255 e. The number of aliphatic hydroxyl groups excluding tert-OH is 1. The van der Waals surface area contributed by atoms with Crippen LogP contribution in [0, 0.1) is 0 Å². The van der Waals surface area contributed by atoms with Crippen molar-refractivity contribution in [3.05, 3.63) is 47.8 Å². The topological polar surface area (TPSA) is 67.2 Å². The fourth-order valence-electron chi connectivity index (χ4n) is 2.37. The van der Waals surface area contributed by atoms with Crippen molar-refractivity contribution in [3.8, 4) is 5.69 Å². The second-order valence-electron chi connectivity index (χ2n) is 6.81. The highest BCUT2D eigenvalue weighted by Crippen LogP contribution is 2.25. The molecule has 0 radical (unpaired) electrons. The number of carbonyl (C=O) groups excluding carboxylic acids is 1. The summed E-state index contributed by atoms with van der Waals surface area (Å²) in [6, 6.07) is 9.65. The monoisotopic (exact) mass is 315 g/mol. The molecule has 0 bridgehead atoms. The molecule has 2 N–H and O–H groups in total. The fraction of sp³-hybridized carbons (Fsp3) is 0.444. The lowest BCUT2D eigenvalue weighted by atomic mass is 9.89. The van der Waals surface area contributed by atoms with E-state index in [1.54, 1.807) is 10.9 Å². The zero-order valence-corrected chi connectivity index (χ0v) is 14.2. The lowest BCUT2D eigenvalue weighted by molar-refractivity contribution is 0.0932. The minimum atomic E-state index is -0.243. The third-order valence-electron chi connectivity index (χ3n) is 3.63. The van der Waals surface area contributed by atoms with E-state index in [9.17, 15) is 4.79 Å². The van der Waals surface area contributed by atoms with E-state index in [2.05, 4.69) is 10.4 Å². The molecule has 1 amide bonds. The van der Waals surface area contributed by atoms with Gasteiger partial charge in [0.1, 0.15) is 0 Å². The average Bonchev–Trinajstić information content (AvgIpc) is 2.94. The first-order chi connectivity index (χ1) is 10.8. The van der Waals surface area contributed by atoms with Crippen molar-refractivity contribution in [3.63, 3.8) is 0 Å². The van der Waals surface area contributed by atoms with Gasteiger partial charge in [0.15, 0.2) is 0 Å². The number of hydrogen-bond acceptors (Lipinski definition) is 3. The minimum Gasteiger partial charge on any atom is -0.396 e. The standard InChI is InChI=1S/C18H25N3O2/c1-13(10-11-22)19-17(23)15-12-21(14-8-6-5-7-9-14)20-16(15)18(2,3)4/h5-9,12-13,22H,10-11H2,1-4H3,(H,19,23). The molecule has 1 atom stereocenters. The van der Waals surface area contributed by atoms with Crippen molar-refractivity contribution >= 4 is 5.91 Å². The number of nitrogens with one attached hydrogen (secondary N) is 1. The molecule has 0 fully saturated rings. The van der Waals surface area contributed by atoms with E-state index in [1.165, 1.54) is 0 Å². The quantitative estimate of drug-likeness (QED) is 0.891. The molecule has 23 heavy (non-hydrogen) atoms. The van der Waals surface area contributed by atoms with Gasteiger partial charge < -0.3 is 10.4 Å². The number of aromatic nitrogens is 2. The van der Waals surface area contributed by atoms with Crippen LogP contribution in [0.15, 0.2) is 36.5 Å². The summed E-state index contributed by atoms with van der Waals surface area (Å²) in [5.74, 6) is -0.155. The molecule has 2 rings (SSSR count). The summed E-state index contributed by atoms with van der Waals surface area (Å²) in [5.41, 5.74) is 2.01. The van der Waals surface area contributed by atoms with Crippen molar-refractivity contribution in [2.75, 3.05) is 6.61 Å². The molecule has 2 aromatic rings. The third kappa shape index (κ3) is 4.20. The molecular formula is C18H25N3O2. The third-order valence-corrected chi connectivity index (χ3v) is 3.63. The lowest BCUT2D eigenvalue weighted by Crippen LogP contribution is -2.34. The number of amides is 1. The largest absolute Gasteiger partial charge is 0.396 e. The zero-order valence-electron chi connectivity index (χ0n) is 14.2. The van der Waals surface area contributed by atoms with Gasteiger partial charge in [0.05, 0.1) is 16.9 Å². The van der Waals surface area contributed by atoms with Crippen LogP contribution in [0.5, 0.6) is 0 Å². The van der Waals surface area contributed by atoms with Crippen molar-refractivity contribution < 1.29 is 9.90 Å². The number of nitrogens with zero attached hydrogens (tertiary/aromatic N) is 2. The molecule has 0 aliphatic carbocycles. The second-order valence-corrected chi connectivity index (χ2v) is 6.81. The van der Waals surface area contributed by atoms with Gasteiger partial charge in [-0.15, -0.1) is 0 Å². The van der Waals surface area contributed by atoms with E-state index in [0.717, 1.165) is 11.4 Å². The van der Waals surface area contributed by atoms with Crippen LogP contribution in [-0.4, -0.2) is 33.4 Å². The number of hydrogen-bond donors (Lipinski definition) is 2. The Kier molecular flexibility index (Phi) is 5.21. The van der Waals surface area contributed by atoms with E-state index in [0.29, 0.717) is 12.0 Å². The van der Waals surface area contributed by atoms with Crippen molar-refractivity contribution in [1.29, 1.82) is 0 Å². The first-order valence-corrected chi connectivity index (χ1v) is 7.90. The van der Waals surface area contributed by atoms with Gasteiger partial charge in [0.2, 0.25) is 0 Å². The summed E-state index contributed by atoms with van der Waals surface area (Å²) in [5, 5.41) is 16.5. The number of carbonyl (C=O) groups is 1. The lowest BCUT2D eigenvalue weighted by Gasteiger charge is -2.18. The molecule has 1 heterocycles. The highest BCUT2D eigenvalue weighted by molar-refractivity contribution is 5.95. The molecule has 0 aliphatic rings. The maximum Gasteiger partial charge on any atom is 0.255 e. The van der Waals surface area contributed by atoms with E-state index in [4.69, 9.17) is 5.11 Å². The van der Waals surface area contributed by atoms with E-state index >= 15 is 0 Å². The maximum atomic E-state index is 12.6. The first kappa shape index (κ1) is 17.2. The van der Waals surface area contributed by atoms with Gasteiger partial charge in [0, 0.05) is 24.3 Å². The Morgan fingerprint density at radius 3 is 2.52 bits per heavy atom. The number of aliphatic hydroxyl groups is 1. The first-order valence-electron chi connectivity index (χ1n) is 7.90. The van der Waals surface area contributed by atoms with Gasteiger partial charge >= 0.3 is 0 Å². The van der Waals surface area contributed by atoms with Gasteiger partial charge in [-0.3, -0.25) is 4.79 Å². The maximum absolute atomic E-state index is 12.6. The Bertz CT molecular complexity index is 657. The Hall–Kier alpha value is -2.14. The predicted octanol–water partition coefficient (Wildman–Crippen LogP) is 2.67. The van der Waals surface area contributed by atoms with Crippen molar-refractivity contribution in [2.45, 2.75) is 45.6 Å². The molecule has 1 unspecified atom stereocenters. The molecule has 0 saturated heterocycles. The van der Waals surface area contributed by atoms with Crippen LogP contribution in [0.4, 0.5) is 0 Å². The van der Waals surface area contributed by atoms with Gasteiger partial charge in [-0.2, -0.15) is 5.10 Å². The molecule has 0 aliphatic heterocycles. The van der Waals surface area contributed by atoms with E-state index in [-0.39, 0.29) is 24.0 Å². The van der Waals surface area contributed by atoms with Crippen LogP contribution >= 0.6 is 0 Å². The second kappa shape index (κ2) is 6.96. The normalized spacial score (nSPS) is 12.9. The summed E-state index contributed by atoms with van der Waals surface area (Å²) >= 11 is 0. The summed E-state index contributed by atoms with van der Waals surface area (Å²) in [6.07, 6.45) is 2.31. The van der Waals surface area contributed by atoms with Crippen LogP contribution in [0.3, 0.4) is 0 Å². The van der Waals surface area contributed by atoms with Crippen LogP contribution in [0.25, 0.3) is 5.69 Å². The van der Waals surface area contributed by atoms with Gasteiger partial charge in [-0.05, 0) is 25.5 Å². The molecule has 1 aromatic carbocycles. The Morgan fingerprint density at radius 2 is 1.96 bits per heavy atom. The zero-order chi connectivity index (χ0) is 17.0. The average molecular weight is 315 g/mol. The van der Waals surface area contributed by atoms with Crippen molar-refractivity contribution in [2.24, 2.45) is 0 Å². The van der Waals surface area contributed by atoms with Gasteiger partial charge in [0.25, 0.3) is 5.91 Å². The highest BCUT2D eigenvalue weighted by atomic mass is 16.3. The van der Waals surface area contributed by atoms with Gasteiger partial charge in [-0.1, -0.05) is 39.0 Å². The molecule has 5 nitrogen and oxygen atoms in total. The molecule has 5 heteroatoms. The Labute approximate surface area is 137 Å². The number of benzene rings is 1. The summed E-state index contributed by atoms with van der Waals surface area (Å²) in [6.45, 7) is 8.05.